The van der Waals surface area contributed by atoms with Crippen LogP contribution in [-0.2, 0) is 5.41 Å². The zero-order valence-corrected chi connectivity index (χ0v) is 15.2. The normalized spacial score (nSPS) is 11.3. The van der Waals surface area contributed by atoms with Crippen molar-refractivity contribution < 1.29 is 18.7 Å². The second kappa shape index (κ2) is 8.19. The Labute approximate surface area is 145 Å². The summed E-state index contributed by atoms with van der Waals surface area (Å²) in [5.41, 5.74) is 0.332. The summed E-state index contributed by atoms with van der Waals surface area (Å²) in [5.74, 6) is 2.44. The zero-order chi connectivity index (χ0) is 17.6. The Bertz CT molecular complexity index is 679. The highest BCUT2D eigenvalue weighted by molar-refractivity contribution is 7.99. The molecule has 0 atom stereocenters. The second-order valence-electron chi connectivity index (χ2n) is 6.17. The highest BCUT2D eigenvalue weighted by atomic mass is 32.2. The van der Waals surface area contributed by atoms with Crippen LogP contribution in [0.2, 0.25) is 0 Å². The molecule has 0 amide bonds. The lowest BCUT2D eigenvalue weighted by Gasteiger charge is -2.12. The largest absolute Gasteiger partial charge is 0.493 e. The second-order valence-corrected chi connectivity index (χ2v) is 7.22. The van der Waals surface area contributed by atoms with Gasteiger partial charge in [0.15, 0.2) is 17.8 Å². The third-order valence-electron chi connectivity index (χ3n) is 3.16. The van der Waals surface area contributed by atoms with Crippen LogP contribution in [0.25, 0.3) is 0 Å². The Hall–Kier alpha value is -2.02. The average Bonchev–Trinajstić information content (AvgIpc) is 3.03. The Morgan fingerprint density at radius 1 is 1.29 bits per heavy atom. The molecule has 0 spiro atoms. The number of aromatic nitrogens is 2. The van der Waals surface area contributed by atoms with E-state index in [0.29, 0.717) is 34.8 Å². The number of ether oxygens (including phenoxy) is 2. The molecule has 0 radical (unpaired) electrons. The van der Waals surface area contributed by atoms with Gasteiger partial charge < -0.3 is 13.9 Å². The van der Waals surface area contributed by atoms with Crippen molar-refractivity contribution in [1.29, 1.82) is 0 Å². The van der Waals surface area contributed by atoms with Crippen molar-refractivity contribution in [3.8, 4) is 11.5 Å². The van der Waals surface area contributed by atoms with E-state index in [1.807, 2.05) is 20.8 Å². The Balaban J connectivity index is 1.82. The van der Waals surface area contributed by atoms with Gasteiger partial charge in [-0.15, -0.1) is 10.2 Å². The van der Waals surface area contributed by atoms with Crippen molar-refractivity contribution in [2.24, 2.45) is 0 Å². The van der Waals surface area contributed by atoms with Crippen LogP contribution < -0.4 is 9.47 Å². The minimum absolute atomic E-state index is 0.149. The molecule has 0 unspecified atom stereocenters. The zero-order valence-electron chi connectivity index (χ0n) is 14.4. The van der Waals surface area contributed by atoms with Crippen LogP contribution in [0.3, 0.4) is 0 Å². The Morgan fingerprint density at radius 2 is 2.08 bits per heavy atom. The predicted octanol–water partition coefficient (Wildman–Crippen LogP) is 3.75. The lowest BCUT2D eigenvalue weighted by Crippen LogP contribution is -2.11. The van der Waals surface area contributed by atoms with Crippen molar-refractivity contribution in [2.45, 2.75) is 37.8 Å². The summed E-state index contributed by atoms with van der Waals surface area (Å²) in [6.07, 6.45) is 1.54. The van der Waals surface area contributed by atoms with E-state index in [1.165, 1.54) is 11.8 Å². The summed E-state index contributed by atoms with van der Waals surface area (Å²) < 4.78 is 16.6. The van der Waals surface area contributed by atoms with Crippen molar-refractivity contribution in [2.75, 3.05) is 19.5 Å². The number of carbonyl (C=O) groups excluding carboxylic acids is 1. The maximum Gasteiger partial charge on any atom is 0.276 e. The molecule has 0 aliphatic heterocycles. The molecular weight excluding hydrogens is 328 g/mol. The first-order valence-electron chi connectivity index (χ1n) is 7.67. The highest BCUT2D eigenvalue weighted by Gasteiger charge is 2.21. The molecule has 2 rings (SSSR count). The van der Waals surface area contributed by atoms with E-state index in [2.05, 4.69) is 10.2 Å². The quantitative estimate of drug-likeness (QED) is 0.408. The molecule has 0 bridgehead atoms. The molecule has 1 aromatic heterocycles. The Morgan fingerprint density at radius 3 is 2.71 bits per heavy atom. The molecular formula is C17H22N2O4S. The molecule has 7 heteroatoms. The number of carbonyl (C=O) groups is 1. The van der Waals surface area contributed by atoms with E-state index in [4.69, 9.17) is 13.9 Å². The number of benzene rings is 1. The summed E-state index contributed by atoms with van der Waals surface area (Å²) in [7, 11) is 1.55. The lowest BCUT2D eigenvalue weighted by atomic mass is 9.97. The van der Waals surface area contributed by atoms with Gasteiger partial charge in [-0.1, -0.05) is 38.6 Å². The van der Waals surface area contributed by atoms with Gasteiger partial charge in [0.25, 0.3) is 5.22 Å². The minimum atomic E-state index is -0.149. The smallest absolute Gasteiger partial charge is 0.276 e. The fourth-order valence-electron chi connectivity index (χ4n) is 1.90. The van der Waals surface area contributed by atoms with Gasteiger partial charge in [-0.05, 0) is 18.6 Å². The average molecular weight is 350 g/mol. The first-order chi connectivity index (χ1) is 11.5. The van der Waals surface area contributed by atoms with Gasteiger partial charge in [-0.2, -0.15) is 0 Å². The summed E-state index contributed by atoms with van der Waals surface area (Å²) in [5, 5.41) is 8.65. The molecule has 0 fully saturated rings. The van der Waals surface area contributed by atoms with Crippen molar-refractivity contribution in [3.63, 3.8) is 0 Å². The topological polar surface area (TPSA) is 74.5 Å². The molecule has 1 aromatic carbocycles. The molecule has 130 valence electrons. The minimum Gasteiger partial charge on any atom is -0.493 e. The number of hydrogen-bond donors (Lipinski definition) is 0. The monoisotopic (exact) mass is 350 g/mol. The van der Waals surface area contributed by atoms with E-state index in [-0.39, 0.29) is 5.41 Å². The number of hydrogen-bond acceptors (Lipinski definition) is 7. The van der Waals surface area contributed by atoms with Crippen molar-refractivity contribution in [1.82, 2.24) is 10.2 Å². The summed E-state index contributed by atoms with van der Waals surface area (Å²) in [6, 6.07) is 5.23. The standard InChI is InChI=1S/C17H22N2O4S/c1-17(2,3)15-18-19-16(23-15)24-10-6-9-22-14-12(11-20)7-5-8-13(14)21-4/h5,7-8,11H,6,9-10H2,1-4H3. The van der Waals surface area contributed by atoms with Crippen LogP contribution in [0.4, 0.5) is 0 Å². The SMILES string of the molecule is COc1cccc(C=O)c1OCCCSc1nnc(C(C)(C)C)o1. The summed E-state index contributed by atoms with van der Waals surface area (Å²) in [6.45, 7) is 6.55. The molecule has 1 heterocycles. The molecule has 0 aliphatic carbocycles. The van der Waals surface area contributed by atoms with Gasteiger partial charge >= 0.3 is 0 Å². The molecule has 0 saturated carbocycles. The van der Waals surface area contributed by atoms with E-state index in [0.717, 1.165) is 18.5 Å². The van der Waals surface area contributed by atoms with Crippen molar-refractivity contribution >= 4 is 18.0 Å². The van der Waals surface area contributed by atoms with Gasteiger partial charge in [-0.3, -0.25) is 4.79 Å². The maximum absolute atomic E-state index is 11.1. The molecule has 2 aromatic rings. The number of nitrogens with zero attached hydrogens (tertiary/aromatic N) is 2. The molecule has 0 saturated heterocycles. The summed E-state index contributed by atoms with van der Waals surface area (Å²) in [4.78, 5) is 11.1. The molecule has 0 aliphatic rings. The van der Waals surface area contributed by atoms with Gasteiger partial charge in [0.1, 0.15) is 0 Å². The van der Waals surface area contributed by atoms with Gasteiger partial charge in [0.05, 0.1) is 19.3 Å². The highest BCUT2D eigenvalue weighted by Crippen LogP contribution is 2.30. The molecule has 6 nitrogen and oxygen atoms in total. The number of thioether (sulfide) groups is 1. The van der Waals surface area contributed by atoms with E-state index in [9.17, 15) is 4.79 Å². The van der Waals surface area contributed by atoms with Crippen LogP contribution in [0.5, 0.6) is 11.5 Å². The number of rotatable bonds is 8. The maximum atomic E-state index is 11.1. The van der Waals surface area contributed by atoms with Crippen LogP contribution >= 0.6 is 11.8 Å². The number of methoxy groups -OCH3 is 1. The van der Waals surface area contributed by atoms with Crippen LogP contribution in [0, 0.1) is 0 Å². The van der Waals surface area contributed by atoms with E-state index < -0.39 is 0 Å². The molecule has 0 N–H and O–H groups in total. The van der Waals surface area contributed by atoms with Crippen molar-refractivity contribution in [3.05, 3.63) is 29.7 Å². The lowest BCUT2D eigenvalue weighted by molar-refractivity contribution is 0.111. The summed E-state index contributed by atoms with van der Waals surface area (Å²) >= 11 is 1.49. The van der Waals surface area contributed by atoms with Crippen LogP contribution in [-0.4, -0.2) is 36.0 Å². The fourth-order valence-corrected chi connectivity index (χ4v) is 2.58. The first-order valence-corrected chi connectivity index (χ1v) is 8.66. The van der Waals surface area contributed by atoms with Crippen LogP contribution in [0.1, 0.15) is 43.4 Å². The van der Waals surface area contributed by atoms with E-state index >= 15 is 0 Å². The number of para-hydroxylation sites is 1. The van der Waals surface area contributed by atoms with Gasteiger partial charge in [0.2, 0.25) is 5.89 Å². The first kappa shape index (κ1) is 18.3. The van der Waals surface area contributed by atoms with Gasteiger partial charge in [-0.25, -0.2) is 0 Å². The predicted molar refractivity (Wildman–Crippen MR) is 92.2 cm³/mol. The fraction of sp³-hybridized carbons (Fsp3) is 0.471. The molecule has 24 heavy (non-hydrogen) atoms. The third-order valence-corrected chi connectivity index (χ3v) is 4.07. The Kier molecular flexibility index (Phi) is 6.25. The third kappa shape index (κ3) is 4.74. The van der Waals surface area contributed by atoms with Gasteiger partial charge in [0, 0.05) is 11.2 Å². The van der Waals surface area contributed by atoms with E-state index in [1.54, 1.807) is 25.3 Å². The number of aldehydes is 1. The van der Waals surface area contributed by atoms with Crippen LogP contribution in [0.15, 0.2) is 27.8 Å².